The highest BCUT2D eigenvalue weighted by Gasteiger charge is 2.06. The number of benzene rings is 2. The first-order valence-electron chi connectivity index (χ1n) is 7.49. The van der Waals surface area contributed by atoms with Gasteiger partial charge in [0.15, 0.2) is 0 Å². The first kappa shape index (κ1) is 14.7. The van der Waals surface area contributed by atoms with E-state index in [1.807, 2.05) is 42.5 Å². The molecule has 5 heteroatoms. The van der Waals surface area contributed by atoms with Gasteiger partial charge in [-0.25, -0.2) is 9.97 Å². The summed E-state index contributed by atoms with van der Waals surface area (Å²) < 4.78 is 5.09. The van der Waals surface area contributed by atoms with Gasteiger partial charge in [0.05, 0.1) is 18.1 Å². The van der Waals surface area contributed by atoms with Crippen molar-refractivity contribution >= 4 is 22.6 Å². The van der Waals surface area contributed by atoms with Gasteiger partial charge < -0.3 is 9.72 Å². The largest absolute Gasteiger partial charge is 0.481 e. The molecule has 2 aromatic carbocycles. The van der Waals surface area contributed by atoms with Gasteiger partial charge in [-0.05, 0) is 29.8 Å². The highest BCUT2D eigenvalue weighted by Crippen LogP contribution is 2.26. The van der Waals surface area contributed by atoms with E-state index in [-0.39, 0.29) is 0 Å². The molecule has 0 atom stereocenters. The first-order valence-corrected chi connectivity index (χ1v) is 7.87. The summed E-state index contributed by atoms with van der Waals surface area (Å²) in [6.07, 6.45) is 1.80. The number of rotatable bonds is 3. The van der Waals surface area contributed by atoms with Crippen molar-refractivity contribution < 1.29 is 4.74 Å². The molecule has 2 aromatic heterocycles. The van der Waals surface area contributed by atoms with Crippen molar-refractivity contribution in [1.29, 1.82) is 0 Å². The summed E-state index contributed by atoms with van der Waals surface area (Å²) in [7, 11) is 1.61. The van der Waals surface area contributed by atoms with E-state index in [0.29, 0.717) is 10.9 Å². The van der Waals surface area contributed by atoms with Crippen LogP contribution in [0.5, 0.6) is 5.88 Å². The summed E-state index contributed by atoms with van der Waals surface area (Å²) in [4.78, 5) is 12.1. The predicted octanol–water partition coefficient (Wildman–Crippen LogP) is 4.95. The number of fused-ring (bicyclic) bond motifs is 1. The van der Waals surface area contributed by atoms with Crippen LogP contribution in [0.2, 0.25) is 5.02 Å². The molecule has 0 radical (unpaired) electrons. The second-order valence-corrected chi connectivity index (χ2v) is 5.85. The minimum atomic E-state index is 0.608. The van der Waals surface area contributed by atoms with Gasteiger partial charge in [-0.3, -0.25) is 0 Å². The Bertz CT molecular complexity index is 991. The van der Waals surface area contributed by atoms with Gasteiger partial charge in [-0.2, -0.15) is 0 Å². The summed E-state index contributed by atoms with van der Waals surface area (Å²) in [6, 6.07) is 17.7. The lowest BCUT2D eigenvalue weighted by atomic mass is 10.1. The van der Waals surface area contributed by atoms with Crippen molar-refractivity contribution in [3.63, 3.8) is 0 Å². The number of halogens is 1. The normalized spacial score (nSPS) is 10.9. The molecule has 0 spiro atoms. The van der Waals surface area contributed by atoms with Crippen LogP contribution in [0.1, 0.15) is 0 Å². The topological polar surface area (TPSA) is 50.8 Å². The SMILES string of the molecule is COc1ccc(-c2ccc(-c3nc4ccc(Cl)cc4[nH]3)cc2)cn1. The summed E-state index contributed by atoms with van der Waals surface area (Å²) in [6.45, 7) is 0. The van der Waals surface area contributed by atoms with Crippen LogP contribution in [0.4, 0.5) is 0 Å². The fraction of sp³-hybridized carbons (Fsp3) is 0.0526. The van der Waals surface area contributed by atoms with Gasteiger partial charge in [0.25, 0.3) is 0 Å². The number of H-pyrrole nitrogens is 1. The maximum absolute atomic E-state index is 6.02. The monoisotopic (exact) mass is 335 g/mol. The number of hydrogen-bond donors (Lipinski definition) is 1. The molecule has 4 rings (SSSR count). The van der Waals surface area contributed by atoms with Crippen molar-refractivity contribution in [1.82, 2.24) is 15.0 Å². The van der Waals surface area contributed by atoms with E-state index in [1.54, 1.807) is 13.3 Å². The molecule has 118 valence electrons. The molecule has 24 heavy (non-hydrogen) atoms. The number of ether oxygens (including phenoxy) is 1. The average molecular weight is 336 g/mol. The third-order valence-electron chi connectivity index (χ3n) is 3.88. The third-order valence-corrected chi connectivity index (χ3v) is 4.12. The number of methoxy groups -OCH3 is 1. The molecule has 4 nitrogen and oxygen atoms in total. The van der Waals surface area contributed by atoms with Crippen LogP contribution in [0.15, 0.2) is 60.8 Å². The average Bonchev–Trinajstić information content (AvgIpc) is 3.05. The van der Waals surface area contributed by atoms with E-state index in [4.69, 9.17) is 16.3 Å². The van der Waals surface area contributed by atoms with E-state index in [2.05, 4.69) is 27.1 Å². The summed E-state index contributed by atoms with van der Waals surface area (Å²) in [5.41, 5.74) is 4.98. The van der Waals surface area contributed by atoms with Crippen LogP contribution < -0.4 is 4.74 Å². The Morgan fingerprint density at radius 1 is 0.917 bits per heavy atom. The first-order chi connectivity index (χ1) is 11.7. The number of aromatic amines is 1. The molecule has 4 aromatic rings. The van der Waals surface area contributed by atoms with Crippen molar-refractivity contribution in [3.05, 3.63) is 65.8 Å². The van der Waals surface area contributed by atoms with Crippen LogP contribution >= 0.6 is 11.6 Å². The molecule has 0 saturated carbocycles. The zero-order chi connectivity index (χ0) is 16.5. The Balaban J connectivity index is 1.66. The minimum Gasteiger partial charge on any atom is -0.481 e. The molecule has 0 aliphatic heterocycles. The van der Waals surface area contributed by atoms with Crippen LogP contribution in [-0.2, 0) is 0 Å². The zero-order valence-corrected chi connectivity index (χ0v) is 13.7. The standard InChI is InChI=1S/C19H14ClN3O/c1-24-18-9-6-14(11-21-18)12-2-4-13(5-3-12)19-22-16-8-7-15(20)10-17(16)23-19/h2-11H,1H3,(H,22,23). The van der Waals surface area contributed by atoms with Gasteiger partial charge in [-0.15, -0.1) is 0 Å². The molecule has 0 unspecified atom stereocenters. The number of pyridine rings is 1. The number of aromatic nitrogens is 3. The lowest BCUT2D eigenvalue weighted by Gasteiger charge is -2.04. The van der Waals surface area contributed by atoms with Crippen molar-refractivity contribution in [2.75, 3.05) is 7.11 Å². The van der Waals surface area contributed by atoms with Crippen LogP contribution in [0.25, 0.3) is 33.5 Å². The van der Waals surface area contributed by atoms with Crippen LogP contribution in [0, 0.1) is 0 Å². The lowest BCUT2D eigenvalue weighted by Crippen LogP contribution is -1.87. The van der Waals surface area contributed by atoms with Crippen LogP contribution in [0.3, 0.4) is 0 Å². The molecule has 1 N–H and O–H groups in total. The van der Waals surface area contributed by atoms with Crippen molar-refractivity contribution in [2.45, 2.75) is 0 Å². The van der Waals surface area contributed by atoms with E-state index in [1.165, 1.54) is 0 Å². The second kappa shape index (κ2) is 5.98. The fourth-order valence-corrected chi connectivity index (χ4v) is 2.78. The number of imidazole rings is 1. The van der Waals surface area contributed by atoms with Gasteiger partial charge in [0, 0.05) is 28.4 Å². The highest BCUT2D eigenvalue weighted by atomic mass is 35.5. The van der Waals surface area contributed by atoms with E-state index < -0.39 is 0 Å². The minimum absolute atomic E-state index is 0.608. The molecule has 0 saturated heterocycles. The Morgan fingerprint density at radius 3 is 2.38 bits per heavy atom. The molecule has 0 bridgehead atoms. The Labute approximate surface area is 144 Å². The molecular formula is C19H14ClN3O. The fourth-order valence-electron chi connectivity index (χ4n) is 2.61. The number of nitrogens with zero attached hydrogens (tertiary/aromatic N) is 2. The van der Waals surface area contributed by atoms with Crippen molar-refractivity contribution in [2.24, 2.45) is 0 Å². The number of hydrogen-bond acceptors (Lipinski definition) is 3. The predicted molar refractivity (Wildman–Crippen MR) is 96.3 cm³/mol. The van der Waals surface area contributed by atoms with Gasteiger partial charge >= 0.3 is 0 Å². The van der Waals surface area contributed by atoms with Crippen molar-refractivity contribution in [3.8, 4) is 28.4 Å². The van der Waals surface area contributed by atoms with E-state index in [0.717, 1.165) is 33.5 Å². The molecule has 0 fully saturated rings. The molecule has 2 heterocycles. The Hall–Kier alpha value is -2.85. The van der Waals surface area contributed by atoms with Gasteiger partial charge in [0.2, 0.25) is 5.88 Å². The summed E-state index contributed by atoms with van der Waals surface area (Å²) in [5, 5.41) is 0.694. The smallest absolute Gasteiger partial charge is 0.212 e. The summed E-state index contributed by atoms with van der Waals surface area (Å²) in [5.74, 6) is 1.43. The van der Waals surface area contributed by atoms with Gasteiger partial charge in [-0.1, -0.05) is 35.9 Å². The zero-order valence-electron chi connectivity index (χ0n) is 13.0. The maximum atomic E-state index is 6.02. The molecule has 0 amide bonds. The van der Waals surface area contributed by atoms with Gasteiger partial charge in [0.1, 0.15) is 5.82 Å². The molecule has 0 aliphatic carbocycles. The Morgan fingerprint density at radius 2 is 1.67 bits per heavy atom. The van der Waals surface area contributed by atoms with Crippen LogP contribution in [-0.4, -0.2) is 22.1 Å². The number of nitrogens with one attached hydrogen (secondary N) is 1. The highest BCUT2D eigenvalue weighted by molar-refractivity contribution is 6.31. The maximum Gasteiger partial charge on any atom is 0.212 e. The third kappa shape index (κ3) is 2.72. The van der Waals surface area contributed by atoms with E-state index in [9.17, 15) is 0 Å². The molecule has 0 aliphatic rings. The lowest BCUT2D eigenvalue weighted by molar-refractivity contribution is 0.398. The second-order valence-electron chi connectivity index (χ2n) is 5.41. The quantitative estimate of drug-likeness (QED) is 0.576. The Kier molecular flexibility index (Phi) is 3.67. The molecular weight excluding hydrogens is 322 g/mol. The summed E-state index contributed by atoms with van der Waals surface area (Å²) >= 11 is 6.02. The van der Waals surface area contributed by atoms with E-state index >= 15 is 0 Å².